The van der Waals surface area contributed by atoms with E-state index in [9.17, 15) is 13.2 Å². The minimum Gasteiger partial charge on any atom is -0.238 e. The van der Waals surface area contributed by atoms with E-state index in [4.69, 9.17) is 11.6 Å². The molecule has 0 saturated heterocycles. The van der Waals surface area contributed by atoms with Gasteiger partial charge in [0.15, 0.2) is 0 Å². The van der Waals surface area contributed by atoms with Crippen molar-refractivity contribution >= 4 is 27.5 Å². The van der Waals surface area contributed by atoms with Crippen molar-refractivity contribution < 1.29 is 13.2 Å². The zero-order valence-corrected chi connectivity index (χ0v) is 5.81. The van der Waals surface area contributed by atoms with Crippen LogP contribution in [-0.2, 0) is 0 Å². The molecule has 1 rings (SSSR count). The van der Waals surface area contributed by atoms with Gasteiger partial charge >= 0.3 is 5.92 Å². The summed E-state index contributed by atoms with van der Waals surface area (Å²) in [6.07, 6.45) is -2.24. The molecule has 1 fully saturated rings. The van der Waals surface area contributed by atoms with E-state index >= 15 is 0 Å². The average Bonchev–Trinajstić information content (AvgIpc) is 1.88. The van der Waals surface area contributed by atoms with Crippen LogP contribution in [0.3, 0.4) is 0 Å². The molecular weight excluding hydrogens is 208 g/mol. The summed E-state index contributed by atoms with van der Waals surface area (Å²) in [4.78, 5) is 0. The largest absolute Gasteiger partial charge is 0.313 e. The van der Waals surface area contributed by atoms with E-state index in [2.05, 4.69) is 15.9 Å². The Morgan fingerprint density at radius 1 is 1.50 bits per heavy atom. The van der Waals surface area contributed by atoms with Gasteiger partial charge in [0.2, 0.25) is 9.96 Å². The summed E-state index contributed by atoms with van der Waals surface area (Å²) in [5, 5.41) is 0. The third-order valence-corrected chi connectivity index (χ3v) is 2.37. The van der Waals surface area contributed by atoms with Gasteiger partial charge in [-0.05, 0) is 0 Å². The summed E-state index contributed by atoms with van der Waals surface area (Å²) < 4.78 is 33.1. The SMILES string of the molecule is FC1C(F)(F)C1(Cl)Br. The maximum absolute atomic E-state index is 11.7. The Morgan fingerprint density at radius 2 is 1.62 bits per heavy atom. The Bertz CT molecular complexity index is 110. The molecule has 0 aromatic heterocycles. The lowest BCUT2D eigenvalue weighted by molar-refractivity contribution is 0.0861. The van der Waals surface area contributed by atoms with Crippen LogP contribution in [0.1, 0.15) is 0 Å². The third kappa shape index (κ3) is 0.530. The van der Waals surface area contributed by atoms with Crippen molar-refractivity contribution in [2.75, 3.05) is 0 Å². The highest BCUT2D eigenvalue weighted by molar-refractivity contribution is 9.10. The fourth-order valence-corrected chi connectivity index (χ4v) is 0.858. The number of halogens is 5. The zero-order chi connectivity index (χ0) is 6.58. The number of rotatable bonds is 0. The molecule has 0 nitrogen and oxygen atoms in total. The number of alkyl halides is 5. The van der Waals surface area contributed by atoms with E-state index in [1.54, 1.807) is 0 Å². The molecule has 0 heterocycles. The van der Waals surface area contributed by atoms with Crippen LogP contribution in [-0.4, -0.2) is 15.9 Å². The lowest BCUT2D eigenvalue weighted by Gasteiger charge is -1.89. The van der Waals surface area contributed by atoms with Gasteiger partial charge in [-0.1, -0.05) is 27.5 Å². The molecular formula is C3HBrClF3. The predicted octanol–water partition coefficient (Wildman–Crippen LogP) is 2.30. The van der Waals surface area contributed by atoms with Crippen LogP contribution in [0.2, 0.25) is 0 Å². The molecule has 2 unspecified atom stereocenters. The van der Waals surface area contributed by atoms with E-state index < -0.39 is 15.9 Å². The van der Waals surface area contributed by atoms with Crippen LogP contribution in [0.15, 0.2) is 0 Å². The average molecular weight is 209 g/mol. The van der Waals surface area contributed by atoms with Crippen molar-refractivity contribution in [2.24, 2.45) is 0 Å². The maximum atomic E-state index is 11.7. The second-order valence-corrected chi connectivity index (χ2v) is 3.91. The van der Waals surface area contributed by atoms with Gasteiger partial charge in [0.25, 0.3) is 0 Å². The lowest BCUT2D eigenvalue weighted by Crippen LogP contribution is -1.99. The van der Waals surface area contributed by atoms with Gasteiger partial charge in [0.05, 0.1) is 0 Å². The topological polar surface area (TPSA) is 0 Å². The van der Waals surface area contributed by atoms with Gasteiger partial charge in [-0.2, -0.15) is 0 Å². The molecule has 48 valence electrons. The van der Waals surface area contributed by atoms with Crippen LogP contribution >= 0.6 is 27.5 Å². The highest BCUT2D eigenvalue weighted by Crippen LogP contribution is 2.63. The van der Waals surface area contributed by atoms with Gasteiger partial charge in [-0.15, -0.1) is 0 Å². The lowest BCUT2D eigenvalue weighted by atomic mass is 10.8. The maximum Gasteiger partial charge on any atom is 0.313 e. The molecule has 1 aliphatic rings. The van der Waals surface area contributed by atoms with Crippen LogP contribution in [0.25, 0.3) is 0 Å². The van der Waals surface area contributed by atoms with Crippen LogP contribution in [0.5, 0.6) is 0 Å². The quantitative estimate of drug-likeness (QED) is 0.537. The van der Waals surface area contributed by atoms with Gasteiger partial charge in [0, 0.05) is 0 Å². The second-order valence-electron chi connectivity index (χ2n) is 1.61. The first-order chi connectivity index (χ1) is 3.40. The van der Waals surface area contributed by atoms with E-state index in [-0.39, 0.29) is 0 Å². The smallest absolute Gasteiger partial charge is 0.238 e. The number of hydrogen-bond acceptors (Lipinski definition) is 0. The molecule has 0 spiro atoms. The van der Waals surface area contributed by atoms with Gasteiger partial charge < -0.3 is 0 Å². The summed E-state index contributed by atoms with van der Waals surface area (Å²) in [6, 6.07) is 0. The van der Waals surface area contributed by atoms with Crippen molar-refractivity contribution in [1.82, 2.24) is 0 Å². The fourth-order valence-electron chi connectivity index (χ4n) is 0.306. The van der Waals surface area contributed by atoms with Crippen molar-refractivity contribution in [1.29, 1.82) is 0 Å². The molecule has 8 heavy (non-hydrogen) atoms. The van der Waals surface area contributed by atoms with E-state index in [0.717, 1.165) is 0 Å². The Kier molecular flexibility index (Phi) is 1.12. The predicted molar refractivity (Wildman–Crippen MR) is 27.4 cm³/mol. The molecule has 0 bridgehead atoms. The molecule has 0 radical (unpaired) electrons. The third-order valence-electron chi connectivity index (χ3n) is 0.998. The minimum atomic E-state index is -3.38. The number of hydrogen-bond donors (Lipinski definition) is 0. The van der Waals surface area contributed by atoms with E-state index in [1.807, 2.05) is 0 Å². The van der Waals surface area contributed by atoms with Crippen molar-refractivity contribution in [2.45, 2.75) is 15.9 Å². The van der Waals surface area contributed by atoms with Crippen LogP contribution in [0.4, 0.5) is 13.2 Å². The molecule has 0 amide bonds. The molecule has 0 N–H and O–H groups in total. The van der Waals surface area contributed by atoms with E-state index in [1.165, 1.54) is 0 Å². The molecule has 1 saturated carbocycles. The Morgan fingerprint density at radius 3 is 1.62 bits per heavy atom. The van der Waals surface area contributed by atoms with Crippen LogP contribution < -0.4 is 0 Å². The normalized spacial score (nSPS) is 51.4. The summed E-state index contributed by atoms with van der Waals surface area (Å²) in [6.45, 7) is 0. The molecule has 5 heteroatoms. The van der Waals surface area contributed by atoms with Crippen molar-refractivity contribution in [3.05, 3.63) is 0 Å². The monoisotopic (exact) mass is 208 g/mol. The summed E-state index contributed by atoms with van der Waals surface area (Å²) >= 11 is 7.19. The summed E-state index contributed by atoms with van der Waals surface area (Å²) in [5.41, 5.74) is 0. The van der Waals surface area contributed by atoms with Gasteiger partial charge in [-0.3, -0.25) is 0 Å². The molecule has 2 atom stereocenters. The first-order valence-electron chi connectivity index (χ1n) is 1.80. The molecule has 1 aliphatic carbocycles. The first-order valence-corrected chi connectivity index (χ1v) is 2.97. The van der Waals surface area contributed by atoms with Gasteiger partial charge in [0.1, 0.15) is 0 Å². The Hall–Kier alpha value is 0.560. The van der Waals surface area contributed by atoms with Crippen LogP contribution in [0, 0.1) is 0 Å². The zero-order valence-electron chi connectivity index (χ0n) is 3.47. The van der Waals surface area contributed by atoms with E-state index in [0.29, 0.717) is 0 Å². The molecule has 0 aromatic rings. The van der Waals surface area contributed by atoms with Crippen molar-refractivity contribution in [3.63, 3.8) is 0 Å². The molecule has 0 aromatic carbocycles. The highest BCUT2D eigenvalue weighted by atomic mass is 79.9. The van der Waals surface area contributed by atoms with Gasteiger partial charge in [-0.25, -0.2) is 13.2 Å². The minimum absolute atomic E-state index is 2.11. The van der Waals surface area contributed by atoms with Crippen molar-refractivity contribution in [3.8, 4) is 0 Å². The summed E-state index contributed by atoms with van der Waals surface area (Å²) in [7, 11) is 0. The highest BCUT2D eigenvalue weighted by Gasteiger charge is 2.81. The fraction of sp³-hybridized carbons (Fsp3) is 1.00. The Balaban J connectivity index is 2.72. The first kappa shape index (κ1) is 6.68. The summed E-state index contributed by atoms with van der Waals surface area (Å²) in [5.74, 6) is -3.38. The second kappa shape index (κ2) is 1.34. The Labute approximate surface area is 57.1 Å². The molecule has 0 aliphatic heterocycles. The standard InChI is InChI=1S/C3HBrClF3/c4-2(5)1(6)3(2,7)8/h1H.